The Morgan fingerprint density at radius 3 is 2.91 bits per heavy atom. The molecule has 1 aromatic carbocycles. The van der Waals surface area contributed by atoms with Crippen molar-refractivity contribution in [2.45, 2.75) is 30.0 Å². The lowest BCUT2D eigenvalue weighted by molar-refractivity contribution is -0.126. The lowest BCUT2D eigenvalue weighted by Crippen LogP contribution is -2.27. The van der Waals surface area contributed by atoms with Crippen LogP contribution in [-0.4, -0.2) is 33.4 Å². The van der Waals surface area contributed by atoms with Gasteiger partial charge in [-0.25, -0.2) is 0 Å². The number of rotatable bonds is 6. The van der Waals surface area contributed by atoms with Crippen molar-refractivity contribution < 1.29 is 9.53 Å². The number of aromatic nitrogens is 3. The van der Waals surface area contributed by atoms with Gasteiger partial charge in [-0.05, 0) is 43.8 Å². The molecule has 0 aliphatic rings. The van der Waals surface area contributed by atoms with Gasteiger partial charge in [-0.1, -0.05) is 11.6 Å². The normalized spacial score (nSPS) is 12.2. The number of hydrogen-bond donors (Lipinski definition) is 1. The standard InChI is InChI=1S/C14H17ClN4O2S/c1-4-21-9(2)13(20)17-10-5-6-12(11(15)7-10)22-14-18-16-8-19(14)3/h5-9H,4H2,1-3H3,(H,17,20)/t9-/m0/s1. The topological polar surface area (TPSA) is 69.0 Å². The van der Waals surface area contributed by atoms with Crippen LogP contribution in [0.25, 0.3) is 0 Å². The summed E-state index contributed by atoms with van der Waals surface area (Å²) in [5.74, 6) is -0.202. The number of carbonyl (C=O) groups excluding carboxylic acids is 1. The Morgan fingerprint density at radius 1 is 1.55 bits per heavy atom. The van der Waals surface area contributed by atoms with Gasteiger partial charge in [-0.2, -0.15) is 0 Å². The van der Waals surface area contributed by atoms with E-state index in [1.54, 1.807) is 30.0 Å². The van der Waals surface area contributed by atoms with Crippen molar-refractivity contribution in [2.24, 2.45) is 7.05 Å². The maximum atomic E-state index is 11.9. The third kappa shape index (κ3) is 4.22. The molecule has 0 unspecified atom stereocenters. The van der Waals surface area contributed by atoms with Crippen LogP contribution in [-0.2, 0) is 16.6 Å². The molecule has 118 valence electrons. The van der Waals surface area contributed by atoms with E-state index in [2.05, 4.69) is 15.5 Å². The minimum absolute atomic E-state index is 0.202. The van der Waals surface area contributed by atoms with Gasteiger partial charge in [0.15, 0.2) is 5.16 Å². The summed E-state index contributed by atoms with van der Waals surface area (Å²) in [6.07, 6.45) is 1.12. The van der Waals surface area contributed by atoms with E-state index in [4.69, 9.17) is 16.3 Å². The minimum Gasteiger partial charge on any atom is -0.369 e. The second-order valence-electron chi connectivity index (χ2n) is 4.56. The first-order valence-corrected chi connectivity index (χ1v) is 7.94. The average molecular weight is 341 g/mol. The molecule has 22 heavy (non-hydrogen) atoms. The fourth-order valence-electron chi connectivity index (χ4n) is 1.69. The van der Waals surface area contributed by atoms with E-state index in [1.165, 1.54) is 11.8 Å². The highest BCUT2D eigenvalue weighted by atomic mass is 35.5. The van der Waals surface area contributed by atoms with Crippen molar-refractivity contribution in [3.8, 4) is 0 Å². The summed E-state index contributed by atoms with van der Waals surface area (Å²) in [4.78, 5) is 12.7. The fourth-order valence-corrected chi connectivity index (χ4v) is 2.76. The molecule has 1 N–H and O–H groups in total. The van der Waals surface area contributed by atoms with Gasteiger partial charge in [0.2, 0.25) is 0 Å². The molecule has 1 atom stereocenters. The lowest BCUT2D eigenvalue weighted by atomic mass is 10.3. The van der Waals surface area contributed by atoms with E-state index in [-0.39, 0.29) is 5.91 Å². The van der Waals surface area contributed by atoms with E-state index < -0.39 is 6.10 Å². The Kier molecular flexibility index (Phi) is 5.82. The summed E-state index contributed by atoms with van der Waals surface area (Å²) >= 11 is 7.67. The molecule has 0 fully saturated rings. The molecule has 1 aromatic heterocycles. The average Bonchev–Trinajstić information content (AvgIpc) is 2.87. The molecule has 2 aromatic rings. The van der Waals surface area contributed by atoms with E-state index in [1.807, 2.05) is 20.0 Å². The van der Waals surface area contributed by atoms with Crippen molar-refractivity contribution in [1.29, 1.82) is 0 Å². The van der Waals surface area contributed by atoms with Gasteiger partial charge < -0.3 is 14.6 Å². The SMILES string of the molecule is CCO[C@@H](C)C(=O)Nc1ccc(Sc2nncn2C)c(Cl)c1. The molecular weight excluding hydrogens is 324 g/mol. The van der Waals surface area contributed by atoms with Crippen LogP contribution in [0.1, 0.15) is 13.8 Å². The van der Waals surface area contributed by atoms with E-state index >= 15 is 0 Å². The number of ether oxygens (including phenoxy) is 1. The number of aryl methyl sites for hydroxylation is 1. The van der Waals surface area contributed by atoms with Gasteiger partial charge in [0.25, 0.3) is 5.91 Å². The number of carbonyl (C=O) groups is 1. The zero-order chi connectivity index (χ0) is 16.1. The Balaban J connectivity index is 2.06. The van der Waals surface area contributed by atoms with E-state index in [0.717, 1.165) is 10.1 Å². The van der Waals surface area contributed by atoms with Gasteiger partial charge in [0.05, 0.1) is 5.02 Å². The fraction of sp³-hybridized carbons (Fsp3) is 0.357. The first-order valence-electron chi connectivity index (χ1n) is 6.75. The summed E-state index contributed by atoms with van der Waals surface area (Å²) in [5.41, 5.74) is 0.629. The molecule has 1 heterocycles. The highest BCUT2D eigenvalue weighted by molar-refractivity contribution is 7.99. The van der Waals surface area contributed by atoms with Crippen molar-refractivity contribution in [1.82, 2.24) is 14.8 Å². The largest absolute Gasteiger partial charge is 0.369 e. The van der Waals surface area contributed by atoms with Gasteiger partial charge in [0.1, 0.15) is 12.4 Å². The number of nitrogens with one attached hydrogen (secondary N) is 1. The van der Waals surface area contributed by atoms with Crippen molar-refractivity contribution in [3.63, 3.8) is 0 Å². The van der Waals surface area contributed by atoms with Gasteiger partial charge >= 0.3 is 0 Å². The number of anilines is 1. The number of halogens is 1. The Hall–Kier alpha value is -1.57. The molecular formula is C14H17ClN4O2S. The van der Waals surface area contributed by atoms with Crippen LogP contribution in [0.15, 0.2) is 34.6 Å². The third-order valence-electron chi connectivity index (χ3n) is 2.86. The van der Waals surface area contributed by atoms with Crippen molar-refractivity contribution in [3.05, 3.63) is 29.5 Å². The second-order valence-corrected chi connectivity index (χ2v) is 5.97. The van der Waals surface area contributed by atoms with Crippen LogP contribution in [0.3, 0.4) is 0 Å². The lowest BCUT2D eigenvalue weighted by Gasteiger charge is -2.13. The Labute approximate surface area is 138 Å². The maximum Gasteiger partial charge on any atom is 0.253 e. The molecule has 6 nitrogen and oxygen atoms in total. The van der Waals surface area contributed by atoms with Crippen molar-refractivity contribution >= 4 is 35.0 Å². The van der Waals surface area contributed by atoms with Crippen LogP contribution in [0.5, 0.6) is 0 Å². The highest BCUT2D eigenvalue weighted by Crippen LogP contribution is 2.33. The second kappa shape index (κ2) is 7.62. The predicted octanol–water partition coefficient (Wildman–Crippen LogP) is 2.98. The van der Waals surface area contributed by atoms with Crippen LogP contribution >= 0.6 is 23.4 Å². The first kappa shape index (κ1) is 16.8. The molecule has 0 aliphatic heterocycles. The molecule has 1 amide bonds. The van der Waals surface area contributed by atoms with Gasteiger partial charge in [-0.3, -0.25) is 4.79 Å². The number of hydrogen-bond acceptors (Lipinski definition) is 5. The Morgan fingerprint density at radius 2 is 2.32 bits per heavy atom. The third-order valence-corrected chi connectivity index (χ3v) is 4.41. The molecule has 2 rings (SSSR count). The molecule has 0 radical (unpaired) electrons. The molecule has 0 saturated carbocycles. The molecule has 0 spiro atoms. The summed E-state index contributed by atoms with van der Waals surface area (Å²) < 4.78 is 7.05. The quantitative estimate of drug-likeness (QED) is 0.875. The molecule has 0 bridgehead atoms. The van der Waals surface area contributed by atoms with Crippen LogP contribution in [0.4, 0.5) is 5.69 Å². The van der Waals surface area contributed by atoms with Crippen LogP contribution in [0, 0.1) is 0 Å². The maximum absolute atomic E-state index is 11.9. The predicted molar refractivity (Wildman–Crippen MR) is 86.3 cm³/mol. The van der Waals surface area contributed by atoms with Gasteiger partial charge in [-0.15, -0.1) is 10.2 Å². The molecule has 0 saturated heterocycles. The zero-order valence-electron chi connectivity index (χ0n) is 12.5. The summed E-state index contributed by atoms with van der Waals surface area (Å²) in [6.45, 7) is 4.04. The number of benzene rings is 1. The number of nitrogens with zero attached hydrogens (tertiary/aromatic N) is 3. The molecule has 0 aliphatic carbocycles. The van der Waals surface area contributed by atoms with Crippen molar-refractivity contribution in [2.75, 3.05) is 11.9 Å². The smallest absolute Gasteiger partial charge is 0.253 e. The van der Waals surface area contributed by atoms with Crippen LogP contribution in [0.2, 0.25) is 5.02 Å². The van der Waals surface area contributed by atoms with Crippen LogP contribution < -0.4 is 5.32 Å². The first-order chi connectivity index (χ1) is 10.5. The van der Waals surface area contributed by atoms with E-state index in [9.17, 15) is 4.79 Å². The number of amides is 1. The summed E-state index contributed by atoms with van der Waals surface area (Å²) in [5, 5.41) is 11.9. The monoisotopic (exact) mass is 340 g/mol. The zero-order valence-corrected chi connectivity index (χ0v) is 14.1. The van der Waals surface area contributed by atoms with Gasteiger partial charge in [0, 0.05) is 24.2 Å². The van der Waals surface area contributed by atoms with E-state index in [0.29, 0.717) is 17.3 Å². The summed E-state index contributed by atoms with van der Waals surface area (Å²) in [6, 6.07) is 5.33. The highest BCUT2D eigenvalue weighted by Gasteiger charge is 2.14. The minimum atomic E-state index is -0.503. The molecule has 8 heteroatoms. The summed E-state index contributed by atoms with van der Waals surface area (Å²) in [7, 11) is 1.86. The Bertz CT molecular complexity index is 662.